The quantitative estimate of drug-likeness (QED) is 0.422. The number of nitrogens with one attached hydrogen (secondary N) is 2. The number of hydrogen-bond donors (Lipinski definition) is 2. The van der Waals surface area contributed by atoms with Crippen LogP contribution < -0.4 is 15.4 Å². The number of halogens is 2. The molecule has 0 aromatic heterocycles. The van der Waals surface area contributed by atoms with Crippen LogP contribution in [0.4, 0.5) is 20.2 Å². The molecule has 2 heterocycles. The minimum absolute atomic E-state index is 0.202. The Bertz CT molecular complexity index is 1110. The lowest BCUT2D eigenvalue weighted by atomic mass is 10.1. The van der Waals surface area contributed by atoms with E-state index in [2.05, 4.69) is 29.4 Å². The Morgan fingerprint density at radius 1 is 1.15 bits per heavy atom. The molecule has 0 bridgehead atoms. The monoisotopic (exact) mass is 455 g/mol. The van der Waals surface area contributed by atoms with Gasteiger partial charge < -0.3 is 25.0 Å². The molecule has 0 aliphatic carbocycles. The first-order chi connectivity index (χ1) is 16.0. The number of anilines is 2. The van der Waals surface area contributed by atoms with E-state index in [0.29, 0.717) is 40.6 Å². The molecule has 2 aliphatic heterocycles. The molecule has 1 amide bonds. The number of hydrogen-bond acceptors (Lipinski definition) is 5. The van der Waals surface area contributed by atoms with Crippen molar-refractivity contribution in [3.63, 3.8) is 0 Å². The molecule has 0 saturated carbocycles. The minimum Gasteiger partial charge on any atom is -0.490 e. The van der Waals surface area contributed by atoms with E-state index < -0.39 is 11.6 Å². The summed E-state index contributed by atoms with van der Waals surface area (Å²) in [7, 11) is 0. The molecule has 174 valence electrons. The number of ether oxygens (including phenoxy) is 2. The molecule has 33 heavy (non-hydrogen) atoms. The fraction of sp³-hybridized carbons (Fsp3) is 0.320. The molecule has 0 saturated heterocycles. The molecule has 0 atom stereocenters. The predicted octanol–water partition coefficient (Wildman–Crippen LogP) is 4.76. The molecule has 2 aromatic rings. The van der Waals surface area contributed by atoms with Crippen molar-refractivity contribution in [1.29, 1.82) is 0 Å². The fourth-order valence-electron chi connectivity index (χ4n) is 3.89. The Labute approximate surface area is 191 Å². The van der Waals surface area contributed by atoms with Crippen molar-refractivity contribution in [1.82, 2.24) is 4.90 Å². The van der Waals surface area contributed by atoms with Crippen LogP contribution in [0.1, 0.15) is 25.8 Å². The maximum absolute atomic E-state index is 14.5. The number of rotatable bonds is 9. The van der Waals surface area contributed by atoms with Crippen LogP contribution in [0, 0.1) is 11.6 Å². The highest BCUT2D eigenvalue weighted by Crippen LogP contribution is 2.37. The van der Waals surface area contributed by atoms with Gasteiger partial charge in [-0.3, -0.25) is 4.79 Å². The summed E-state index contributed by atoms with van der Waals surface area (Å²) in [6.07, 6.45) is 2.52. The van der Waals surface area contributed by atoms with Gasteiger partial charge in [0.15, 0.2) is 11.6 Å². The normalized spacial score (nSPS) is 17.0. The van der Waals surface area contributed by atoms with Gasteiger partial charge in [-0.15, -0.1) is 0 Å². The van der Waals surface area contributed by atoms with E-state index in [1.54, 1.807) is 24.3 Å². The van der Waals surface area contributed by atoms with Crippen molar-refractivity contribution in [3.8, 4) is 5.75 Å². The predicted molar refractivity (Wildman–Crippen MR) is 124 cm³/mol. The SMILES string of the molecule is CCN(CC)CCCOc1ccc(NC2=C/C(=C3\C(=O)Nc4cc(F)ccc43)OC2)cc1F. The van der Waals surface area contributed by atoms with E-state index in [1.807, 2.05) is 0 Å². The third-order valence-corrected chi connectivity index (χ3v) is 5.67. The van der Waals surface area contributed by atoms with Gasteiger partial charge in [-0.1, -0.05) is 13.8 Å². The van der Waals surface area contributed by atoms with Crippen LogP contribution in [0.5, 0.6) is 5.75 Å². The Kier molecular flexibility index (Phi) is 6.93. The van der Waals surface area contributed by atoms with Crippen LogP contribution in [0.15, 0.2) is 53.9 Å². The molecule has 4 rings (SSSR count). The number of amides is 1. The zero-order chi connectivity index (χ0) is 23.4. The molecule has 0 fully saturated rings. The summed E-state index contributed by atoms with van der Waals surface area (Å²) in [6.45, 7) is 7.76. The van der Waals surface area contributed by atoms with Gasteiger partial charge in [0.05, 0.1) is 23.6 Å². The number of carbonyl (C=O) groups is 1. The summed E-state index contributed by atoms with van der Waals surface area (Å²) in [5.41, 5.74) is 2.56. The van der Waals surface area contributed by atoms with E-state index in [9.17, 15) is 13.6 Å². The molecular weight excluding hydrogens is 428 g/mol. The molecular formula is C25H27F2N3O3. The molecule has 2 aromatic carbocycles. The van der Waals surface area contributed by atoms with Crippen molar-refractivity contribution < 1.29 is 23.0 Å². The van der Waals surface area contributed by atoms with Crippen LogP contribution >= 0.6 is 0 Å². The minimum atomic E-state index is -0.452. The second-order valence-corrected chi connectivity index (χ2v) is 7.84. The summed E-state index contributed by atoms with van der Waals surface area (Å²) in [6, 6.07) is 8.81. The zero-order valence-electron chi connectivity index (χ0n) is 18.7. The third-order valence-electron chi connectivity index (χ3n) is 5.67. The molecule has 8 heteroatoms. The Hall–Kier alpha value is -3.39. The molecule has 2 aliphatic rings. The first-order valence-electron chi connectivity index (χ1n) is 11.1. The van der Waals surface area contributed by atoms with Crippen molar-refractivity contribution in [3.05, 3.63) is 71.1 Å². The highest BCUT2D eigenvalue weighted by molar-refractivity contribution is 6.32. The lowest BCUT2D eigenvalue weighted by Crippen LogP contribution is -2.25. The van der Waals surface area contributed by atoms with Crippen LogP contribution in [-0.2, 0) is 9.53 Å². The largest absolute Gasteiger partial charge is 0.490 e. The number of fused-ring (bicyclic) bond motifs is 1. The third kappa shape index (κ3) is 5.17. The van der Waals surface area contributed by atoms with Gasteiger partial charge in [0.25, 0.3) is 5.91 Å². The summed E-state index contributed by atoms with van der Waals surface area (Å²) in [5.74, 6) is -0.632. The molecule has 0 spiro atoms. The van der Waals surface area contributed by atoms with Crippen LogP contribution in [0.2, 0.25) is 0 Å². The Morgan fingerprint density at radius 3 is 2.73 bits per heavy atom. The van der Waals surface area contributed by atoms with Crippen molar-refractivity contribution in [2.24, 2.45) is 0 Å². The van der Waals surface area contributed by atoms with E-state index in [0.717, 1.165) is 26.1 Å². The van der Waals surface area contributed by atoms with Crippen molar-refractivity contribution >= 4 is 22.9 Å². The number of nitrogens with zero attached hydrogens (tertiary/aromatic N) is 1. The first kappa shape index (κ1) is 22.8. The summed E-state index contributed by atoms with van der Waals surface area (Å²) >= 11 is 0. The van der Waals surface area contributed by atoms with Gasteiger partial charge in [0.1, 0.15) is 18.2 Å². The van der Waals surface area contributed by atoms with Crippen LogP contribution in [-0.4, -0.2) is 43.7 Å². The van der Waals surface area contributed by atoms with Crippen molar-refractivity contribution in [2.75, 3.05) is 43.5 Å². The summed E-state index contributed by atoms with van der Waals surface area (Å²) < 4.78 is 39.2. The Balaban J connectivity index is 1.40. The standard InChI is InChI=1S/C25H27F2N3O3/c1-3-30(4-2)10-5-11-32-22-9-7-17(13-20(22)27)28-18-14-23(33-15-18)24-19-8-6-16(26)12-21(19)29-25(24)31/h6-9,12-14,28H,3-5,10-11,15H2,1-2H3,(H,29,31)/b24-23+. The average molecular weight is 456 g/mol. The maximum Gasteiger partial charge on any atom is 0.260 e. The average Bonchev–Trinajstić information content (AvgIpc) is 3.37. The topological polar surface area (TPSA) is 62.8 Å². The van der Waals surface area contributed by atoms with E-state index in [1.165, 1.54) is 18.2 Å². The maximum atomic E-state index is 14.5. The van der Waals surface area contributed by atoms with E-state index in [4.69, 9.17) is 9.47 Å². The highest BCUT2D eigenvalue weighted by atomic mass is 19.1. The zero-order valence-corrected chi connectivity index (χ0v) is 18.7. The fourth-order valence-corrected chi connectivity index (χ4v) is 3.89. The van der Waals surface area contributed by atoms with Gasteiger partial charge in [0.2, 0.25) is 0 Å². The van der Waals surface area contributed by atoms with E-state index >= 15 is 0 Å². The van der Waals surface area contributed by atoms with Crippen molar-refractivity contribution in [2.45, 2.75) is 20.3 Å². The molecule has 0 unspecified atom stereocenters. The van der Waals surface area contributed by atoms with Gasteiger partial charge in [-0.2, -0.15) is 0 Å². The number of benzene rings is 2. The number of allylic oxidation sites excluding steroid dienone is 1. The van der Waals surface area contributed by atoms with Gasteiger partial charge in [-0.05, 0) is 49.8 Å². The lowest BCUT2D eigenvalue weighted by molar-refractivity contribution is -0.110. The van der Waals surface area contributed by atoms with Crippen LogP contribution in [0.25, 0.3) is 5.57 Å². The highest BCUT2D eigenvalue weighted by Gasteiger charge is 2.30. The van der Waals surface area contributed by atoms with Crippen LogP contribution in [0.3, 0.4) is 0 Å². The second kappa shape index (κ2) is 10.0. The summed E-state index contributed by atoms with van der Waals surface area (Å²) in [4.78, 5) is 14.7. The lowest BCUT2D eigenvalue weighted by Gasteiger charge is -2.17. The molecule has 2 N–H and O–H groups in total. The van der Waals surface area contributed by atoms with Gasteiger partial charge in [0, 0.05) is 29.9 Å². The molecule has 6 nitrogen and oxygen atoms in total. The first-order valence-corrected chi connectivity index (χ1v) is 11.1. The molecule has 0 radical (unpaired) electrons. The smallest absolute Gasteiger partial charge is 0.260 e. The van der Waals surface area contributed by atoms with Gasteiger partial charge in [-0.25, -0.2) is 8.78 Å². The van der Waals surface area contributed by atoms with E-state index in [-0.39, 0.29) is 18.3 Å². The summed E-state index contributed by atoms with van der Waals surface area (Å²) in [5, 5.41) is 5.76. The number of carbonyl (C=O) groups excluding carboxylic acids is 1. The Morgan fingerprint density at radius 2 is 1.97 bits per heavy atom. The second-order valence-electron chi connectivity index (χ2n) is 7.84. The van der Waals surface area contributed by atoms with Gasteiger partial charge >= 0.3 is 0 Å².